The number of fused-ring (bicyclic) bond motifs is 2. The zero-order valence-corrected chi connectivity index (χ0v) is 24.1. The zero-order valence-electron chi connectivity index (χ0n) is 23.3. The van der Waals surface area contributed by atoms with E-state index in [9.17, 15) is 22.8 Å². The molecule has 0 atom stereocenters. The number of hydrogen-bond acceptors (Lipinski definition) is 7. The molecule has 0 radical (unpaired) electrons. The summed E-state index contributed by atoms with van der Waals surface area (Å²) in [5.74, 6) is -0.387. The van der Waals surface area contributed by atoms with Crippen molar-refractivity contribution in [1.29, 1.82) is 0 Å². The lowest BCUT2D eigenvalue weighted by Gasteiger charge is -2.11. The lowest BCUT2D eigenvalue weighted by Crippen LogP contribution is -2.12. The summed E-state index contributed by atoms with van der Waals surface area (Å²) in [5, 5.41) is 5.66. The predicted molar refractivity (Wildman–Crippen MR) is 161 cm³/mol. The van der Waals surface area contributed by atoms with Gasteiger partial charge in [-0.2, -0.15) is 0 Å². The molecule has 6 rings (SSSR count). The number of nitrogens with one attached hydrogen (secondary N) is 2. The van der Waals surface area contributed by atoms with Crippen LogP contribution in [0.15, 0.2) is 82.1 Å². The fourth-order valence-corrected chi connectivity index (χ4v) is 6.88. The van der Waals surface area contributed by atoms with Gasteiger partial charge in [0.1, 0.15) is 11.5 Å². The molecule has 0 spiro atoms. The van der Waals surface area contributed by atoms with E-state index in [1.165, 1.54) is 31.4 Å². The van der Waals surface area contributed by atoms with E-state index >= 15 is 0 Å². The topological polar surface area (TPSA) is 132 Å². The van der Waals surface area contributed by atoms with Crippen LogP contribution in [-0.2, 0) is 38.0 Å². The van der Waals surface area contributed by atoms with Gasteiger partial charge in [-0.15, -0.1) is 0 Å². The van der Waals surface area contributed by atoms with E-state index in [1.807, 2.05) is 0 Å². The third kappa shape index (κ3) is 5.61. The maximum atomic E-state index is 13.4. The van der Waals surface area contributed by atoms with Gasteiger partial charge in [0.25, 0.3) is 11.8 Å². The molecular weight excluding hydrogens is 568 g/mol. The summed E-state index contributed by atoms with van der Waals surface area (Å²) in [7, 11) is -2.38. The van der Waals surface area contributed by atoms with E-state index in [-0.39, 0.29) is 16.6 Å². The Labute approximate surface area is 248 Å². The molecule has 4 aromatic rings. The molecule has 43 heavy (non-hydrogen) atoms. The summed E-state index contributed by atoms with van der Waals surface area (Å²) < 4.78 is 37.6. The van der Waals surface area contributed by atoms with Crippen molar-refractivity contribution in [2.45, 2.75) is 36.3 Å². The second kappa shape index (κ2) is 11.4. The number of benzene rings is 3. The molecule has 0 saturated carbocycles. The van der Waals surface area contributed by atoms with Gasteiger partial charge >= 0.3 is 5.97 Å². The smallest absolute Gasteiger partial charge is 0.337 e. The van der Waals surface area contributed by atoms with Crippen LogP contribution in [0.5, 0.6) is 0 Å². The van der Waals surface area contributed by atoms with E-state index in [0.717, 1.165) is 24.2 Å². The number of methoxy groups -OCH3 is 1. The van der Waals surface area contributed by atoms with Crippen molar-refractivity contribution in [3.05, 3.63) is 112 Å². The van der Waals surface area contributed by atoms with Crippen molar-refractivity contribution in [2.75, 3.05) is 17.7 Å². The number of carbonyl (C=O) groups excluding carboxylic acids is 3. The number of amides is 2. The van der Waals surface area contributed by atoms with Crippen molar-refractivity contribution in [3.63, 3.8) is 0 Å². The summed E-state index contributed by atoms with van der Waals surface area (Å²) in [4.78, 5) is 37.9. The Bertz CT molecular complexity index is 1890. The van der Waals surface area contributed by atoms with Gasteiger partial charge < -0.3 is 19.8 Å². The molecule has 2 aliphatic rings. The normalized spacial score (nSPS) is 15.0. The van der Waals surface area contributed by atoms with E-state index < -0.39 is 21.7 Å². The molecule has 3 aromatic carbocycles. The largest absolute Gasteiger partial charge is 0.465 e. The van der Waals surface area contributed by atoms with Crippen LogP contribution in [0.2, 0.25) is 0 Å². The average molecular weight is 597 g/mol. The van der Waals surface area contributed by atoms with Crippen molar-refractivity contribution < 1.29 is 32.0 Å². The number of anilines is 2. The monoisotopic (exact) mass is 596 g/mol. The van der Waals surface area contributed by atoms with Gasteiger partial charge in [-0.1, -0.05) is 18.2 Å². The second-order valence-corrected chi connectivity index (χ2v) is 12.4. The molecule has 1 aromatic heterocycles. The molecule has 0 bridgehead atoms. The molecule has 2 N–H and O–H groups in total. The summed E-state index contributed by atoms with van der Waals surface area (Å²) >= 11 is 0. The van der Waals surface area contributed by atoms with Crippen molar-refractivity contribution in [3.8, 4) is 0 Å². The van der Waals surface area contributed by atoms with Gasteiger partial charge in [0.2, 0.25) is 0 Å². The number of hydrogen-bond donors (Lipinski definition) is 2. The summed E-state index contributed by atoms with van der Waals surface area (Å²) in [6.45, 7) is 0. The Morgan fingerprint density at radius 3 is 2.44 bits per heavy atom. The highest BCUT2D eigenvalue weighted by Crippen LogP contribution is 2.39. The third-order valence-corrected chi connectivity index (χ3v) is 9.31. The second-order valence-electron chi connectivity index (χ2n) is 10.4. The van der Waals surface area contributed by atoms with Crippen LogP contribution in [-0.4, -0.2) is 33.3 Å². The molecular formula is C33H28N2O7S. The maximum absolute atomic E-state index is 13.4. The van der Waals surface area contributed by atoms with Crippen LogP contribution >= 0.6 is 0 Å². The van der Waals surface area contributed by atoms with Crippen LogP contribution in [0.1, 0.15) is 61.8 Å². The minimum Gasteiger partial charge on any atom is -0.465 e. The summed E-state index contributed by atoms with van der Waals surface area (Å²) in [5.41, 5.74) is 4.01. The van der Waals surface area contributed by atoms with Crippen LogP contribution in [0.4, 0.5) is 11.4 Å². The first-order chi connectivity index (χ1) is 20.7. The zero-order chi connectivity index (χ0) is 30.1. The minimum atomic E-state index is -3.67. The van der Waals surface area contributed by atoms with Crippen LogP contribution in [0.3, 0.4) is 0 Å². The van der Waals surface area contributed by atoms with Gasteiger partial charge in [-0.05, 0) is 85.5 Å². The van der Waals surface area contributed by atoms with Crippen LogP contribution in [0, 0.1) is 0 Å². The Hall–Kier alpha value is -4.96. The fraction of sp³-hybridized carbons (Fsp3) is 0.182. The highest BCUT2D eigenvalue weighted by Gasteiger charge is 2.30. The Kier molecular flexibility index (Phi) is 7.45. The van der Waals surface area contributed by atoms with E-state index in [2.05, 4.69) is 10.6 Å². The van der Waals surface area contributed by atoms with E-state index in [1.54, 1.807) is 54.6 Å². The lowest BCUT2D eigenvalue weighted by atomic mass is 9.95. The molecule has 1 aliphatic carbocycles. The molecule has 1 aliphatic heterocycles. The average Bonchev–Trinajstić information content (AvgIpc) is 3.52. The first kappa shape index (κ1) is 28.2. The van der Waals surface area contributed by atoms with Crippen LogP contribution in [0.25, 0.3) is 11.6 Å². The third-order valence-electron chi connectivity index (χ3n) is 7.65. The number of ether oxygens (including phenoxy) is 1. The standard InChI is InChI=1S/C33H28N2O7S/c1-41-33(38)21-13-11-20(12-14-21)31(36)34-22-15-16-28-25(17-22)26(32(37)35-28)18-30-27(24-9-5-6-10-29(24)42-30)19-43(39,40)23-7-3-2-4-8-23/h2-4,7-8,11-18H,5-6,9-10,19H2,1H3,(H,34,36)(H,35,37). The van der Waals surface area contributed by atoms with Crippen molar-refractivity contribution in [2.24, 2.45) is 0 Å². The highest BCUT2D eigenvalue weighted by atomic mass is 32.2. The summed E-state index contributed by atoms with van der Waals surface area (Å²) in [6.07, 6.45) is 4.89. The Morgan fingerprint density at radius 1 is 0.977 bits per heavy atom. The highest BCUT2D eigenvalue weighted by molar-refractivity contribution is 7.90. The first-order valence-corrected chi connectivity index (χ1v) is 15.5. The Balaban J connectivity index is 1.32. The number of aryl methyl sites for hydroxylation is 1. The van der Waals surface area contributed by atoms with Gasteiger partial charge in [-0.3, -0.25) is 9.59 Å². The molecule has 0 fully saturated rings. The number of carbonyl (C=O) groups is 3. The number of esters is 1. The molecule has 218 valence electrons. The number of rotatable bonds is 7. The predicted octanol–water partition coefficient (Wildman–Crippen LogP) is 5.66. The van der Waals surface area contributed by atoms with Crippen molar-refractivity contribution >= 4 is 50.6 Å². The molecule has 0 saturated heterocycles. The van der Waals surface area contributed by atoms with Gasteiger partial charge in [0, 0.05) is 34.5 Å². The SMILES string of the molecule is COC(=O)c1ccc(C(=O)Nc2ccc3c(c2)C(=Cc2oc4c(c2CS(=O)(=O)c2ccccc2)CCCC4)C(=O)N3)cc1. The van der Waals surface area contributed by atoms with E-state index in [4.69, 9.17) is 9.15 Å². The maximum Gasteiger partial charge on any atom is 0.337 e. The lowest BCUT2D eigenvalue weighted by molar-refractivity contribution is -0.110. The molecule has 2 amide bonds. The molecule has 0 unspecified atom stereocenters. The van der Waals surface area contributed by atoms with Gasteiger partial charge in [-0.25, -0.2) is 13.2 Å². The fourth-order valence-electron chi connectivity index (χ4n) is 5.45. The molecule has 10 heteroatoms. The van der Waals surface area contributed by atoms with Crippen molar-refractivity contribution in [1.82, 2.24) is 0 Å². The van der Waals surface area contributed by atoms with Crippen LogP contribution < -0.4 is 10.6 Å². The van der Waals surface area contributed by atoms with Gasteiger partial charge in [0.05, 0.1) is 28.9 Å². The van der Waals surface area contributed by atoms with E-state index in [0.29, 0.717) is 57.8 Å². The molecule has 9 nitrogen and oxygen atoms in total. The van der Waals surface area contributed by atoms with Gasteiger partial charge in [0.15, 0.2) is 9.84 Å². The number of furan rings is 1. The summed E-state index contributed by atoms with van der Waals surface area (Å²) in [6, 6.07) is 19.4. The first-order valence-electron chi connectivity index (χ1n) is 13.8. The quantitative estimate of drug-likeness (QED) is 0.208. The number of sulfone groups is 1. The Morgan fingerprint density at radius 2 is 1.70 bits per heavy atom. The molecule has 2 heterocycles. The minimum absolute atomic E-state index is 0.226.